The molecule has 1 aliphatic rings. The van der Waals surface area contributed by atoms with Gasteiger partial charge in [-0.3, -0.25) is 9.59 Å². The summed E-state index contributed by atoms with van der Waals surface area (Å²) in [4.78, 5) is 22.5. The van der Waals surface area contributed by atoms with Gasteiger partial charge in [-0.25, -0.2) is 0 Å². The van der Waals surface area contributed by atoms with Gasteiger partial charge in [-0.2, -0.15) is 0 Å². The Kier molecular flexibility index (Phi) is 14.1. The number of hydrogen-bond acceptors (Lipinski definition) is 3. The minimum Gasteiger partial charge on any atom is -0.369 e. The van der Waals surface area contributed by atoms with Gasteiger partial charge in [0.2, 0.25) is 11.8 Å². The van der Waals surface area contributed by atoms with Crippen LogP contribution in [-0.2, 0) is 14.3 Å². The Morgan fingerprint density at radius 2 is 1.67 bits per heavy atom. The summed E-state index contributed by atoms with van der Waals surface area (Å²) in [5.74, 6) is -0.385. The first-order chi connectivity index (χ1) is 13.2. The van der Waals surface area contributed by atoms with E-state index >= 15 is 0 Å². The second-order valence-electron chi connectivity index (χ2n) is 7.23. The SMILES string of the molecule is CCCCC[C@H]1O[C@H]1CC=CCCCCCCCC(=O)NCNC(=O)CCl. The Hall–Kier alpha value is -1.07. The third kappa shape index (κ3) is 13.7. The predicted molar refractivity (Wildman–Crippen MR) is 111 cm³/mol. The van der Waals surface area contributed by atoms with Crippen LogP contribution in [0, 0.1) is 0 Å². The second kappa shape index (κ2) is 15.9. The van der Waals surface area contributed by atoms with Crippen LogP contribution in [0.2, 0.25) is 0 Å². The molecule has 0 aromatic rings. The number of carbonyl (C=O) groups is 2. The minimum atomic E-state index is -0.275. The number of alkyl halides is 1. The summed E-state index contributed by atoms with van der Waals surface area (Å²) in [7, 11) is 0. The van der Waals surface area contributed by atoms with E-state index in [2.05, 4.69) is 29.7 Å². The molecule has 1 heterocycles. The van der Waals surface area contributed by atoms with Gasteiger partial charge >= 0.3 is 0 Å². The first-order valence-electron chi connectivity index (χ1n) is 10.6. The van der Waals surface area contributed by atoms with Crippen molar-refractivity contribution in [2.45, 2.75) is 96.2 Å². The lowest BCUT2D eigenvalue weighted by Crippen LogP contribution is -2.37. The van der Waals surface area contributed by atoms with Gasteiger partial charge in [0.25, 0.3) is 0 Å². The van der Waals surface area contributed by atoms with E-state index in [4.69, 9.17) is 16.3 Å². The van der Waals surface area contributed by atoms with Gasteiger partial charge in [-0.05, 0) is 32.1 Å². The highest BCUT2D eigenvalue weighted by atomic mass is 35.5. The topological polar surface area (TPSA) is 70.7 Å². The van der Waals surface area contributed by atoms with Gasteiger partial charge < -0.3 is 15.4 Å². The van der Waals surface area contributed by atoms with E-state index < -0.39 is 0 Å². The van der Waals surface area contributed by atoms with Gasteiger partial charge in [-0.1, -0.05) is 57.6 Å². The Morgan fingerprint density at radius 1 is 0.926 bits per heavy atom. The van der Waals surface area contributed by atoms with Crippen LogP contribution in [0.3, 0.4) is 0 Å². The van der Waals surface area contributed by atoms with Gasteiger partial charge in [0.15, 0.2) is 0 Å². The molecule has 0 spiro atoms. The summed E-state index contributed by atoms with van der Waals surface area (Å²) < 4.78 is 5.69. The standard InChI is InChI=1S/C21H37ClN2O3/c1-2-3-10-13-18-19(27-18)14-11-8-6-4-5-7-9-12-15-20(25)23-17-24-21(26)16-22/h8,11,18-19H,2-7,9-10,12-17H2,1H3,(H,23,25)(H,24,26)/t18-,19+/m1/s1. The number of halogens is 1. The lowest BCUT2D eigenvalue weighted by molar-refractivity contribution is -0.122. The molecule has 0 unspecified atom stereocenters. The fourth-order valence-corrected chi connectivity index (χ4v) is 3.13. The van der Waals surface area contributed by atoms with E-state index in [9.17, 15) is 9.59 Å². The van der Waals surface area contributed by atoms with Crippen LogP contribution in [-0.4, -0.2) is 36.6 Å². The highest BCUT2D eigenvalue weighted by molar-refractivity contribution is 6.27. The molecule has 5 nitrogen and oxygen atoms in total. The number of hydrogen-bond donors (Lipinski definition) is 2. The van der Waals surface area contributed by atoms with Crippen LogP contribution >= 0.6 is 11.6 Å². The van der Waals surface area contributed by atoms with Crippen molar-refractivity contribution in [3.63, 3.8) is 0 Å². The van der Waals surface area contributed by atoms with E-state index in [-0.39, 0.29) is 24.4 Å². The molecule has 0 radical (unpaired) electrons. The number of carbonyl (C=O) groups excluding carboxylic acids is 2. The van der Waals surface area contributed by atoms with Gasteiger partial charge in [0, 0.05) is 6.42 Å². The van der Waals surface area contributed by atoms with E-state index in [0.29, 0.717) is 18.6 Å². The second-order valence-corrected chi connectivity index (χ2v) is 7.50. The molecule has 156 valence electrons. The van der Waals surface area contributed by atoms with Crippen LogP contribution < -0.4 is 10.6 Å². The zero-order valence-electron chi connectivity index (χ0n) is 16.8. The summed E-state index contributed by atoms with van der Waals surface area (Å²) >= 11 is 5.35. The predicted octanol–water partition coefficient (Wildman–Crippen LogP) is 4.44. The molecule has 1 saturated heterocycles. The van der Waals surface area contributed by atoms with E-state index in [0.717, 1.165) is 32.1 Å². The van der Waals surface area contributed by atoms with Crippen LogP contribution in [0.1, 0.15) is 84.0 Å². The molecule has 1 fully saturated rings. The smallest absolute Gasteiger partial charge is 0.236 e. The summed E-state index contributed by atoms with van der Waals surface area (Å²) in [6, 6.07) is 0. The largest absolute Gasteiger partial charge is 0.369 e. The Morgan fingerprint density at radius 3 is 2.44 bits per heavy atom. The van der Waals surface area contributed by atoms with Gasteiger partial charge in [0.05, 0.1) is 18.9 Å². The van der Waals surface area contributed by atoms with Crippen LogP contribution in [0.5, 0.6) is 0 Å². The van der Waals surface area contributed by atoms with Crippen molar-refractivity contribution in [1.82, 2.24) is 10.6 Å². The third-order valence-electron chi connectivity index (χ3n) is 4.78. The highest BCUT2D eigenvalue weighted by Crippen LogP contribution is 2.30. The van der Waals surface area contributed by atoms with Crippen molar-refractivity contribution < 1.29 is 14.3 Å². The zero-order valence-corrected chi connectivity index (χ0v) is 17.6. The van der Waals surface area contributed by atoms with Crippen molar-refractivity contribution in [3.05, 3.63) is 12.2 Å². The van der Waals surface area contributed by atoms with Gasteiger partial charge in [-0.15, -0.1) is 11.6 Å². The maximum atomic E-state index is 11.6. The summed E-state index contributed by atoms with van der Waals surface area (Å²) in [5.41, 5.74) is 0. The fourth-order valence-electron chi connectivity index (χ4n) is 3.04. The van der Waals surface area contributed by atoms with Crippen LogP contribution in [0.15, 0.2) is 12.2 Å². The number of ether oxygens (including phenoxy) is 1. The summed E-state index contributed by atoms with van der Waals surface area (Å²) in [6.45, 7) is 2.39. The first-order valence-corrected chi connectivity index (χ1v) is 11.1. The van der Waals surface area contributed by atoms with Crippen LogP contribution in [0.4, 0.5) is 0 Å². The Bertz CT molecular complexity index is 443. The van der Waals surface area contributed by atoms with Crippen molar-refractivity contribution in [1.29, 1.82) is 0 Å². The molecule has 0 aliphatic carbocycles. The maximum Gasteiger partial charge on any atom is 0.236 e. The maximum absolute atomic E-state index is 11.6. The fraction of sp³-hybridized carbons (Fsp3) is 0.810. The molecule has 0 saturated carbocycles. The van der Waals surface area contributed by atoms with Crippen LogP contribution in [0.25, 0.3) is 0 Å². The molecule has 0 aromatic heterocycles. The number of rotatable bonds is 17. The normalized spacial score (nSPS) is 18.6. The van der Waals surface area contributed by atoms with E-state index in [1.165, 1.54) is 38.5 Å². The summed E-state index contributed by atoms with van der Waals surface area (Å²) in [6.07, 6.45) is 18.9. The Balaban J connectivity index is 1.81. The molecule has 0 bridgehead atoms. The third-order valence-corrected chi connectivity index (χ3v) is 5.02. The molecule has 1 rings (SSSR count). The Labute approximate surface area is 169 Å². The quantitative estimate of drug-likeness (QED) is 0.125. The molecule has 2 atom stereocenters. The van der Waals surface area contributed by atoms with E-state index in [1.807, 2.05) is 0 Å². The van der Waals surface area contributed by atoms with Crippen molar-refractivity contribution >= 4 is 23.4 Å². The first kappa shape index (κ1) is 24.0. The number of allylic oxidation sites excluding steroid dienone is 1. The van der Waals surface area contributed by atoms with Crippen molar-refractivity contribution in [2.24, 2.45) is 0 Å². The summed E-state index contributed by atoms with van der Waals surface area (Å²) in [5, 5.41) is 5.16. The highest BCUT2D eigenvalue weighted by Gasteiger charge is 2.36. The number of amides is 2. The average molecular weight is 401 g/mol. The molecular weight excluding hydrogens is 364 g/mol. The lowest BCUT2D eigenvalue weighted by atomic mass is 10.1. The number of nitrogens with one attached hydrogen (secondary N) is 2. The minimum absolute atomic E-state index is 0.0249. The molecule has 1 aliphatic heterocycles. The molecule has 2 N–H and O–H groups in total. The van der Waals surface area contributed by atoms with E-state index in [1.54, 1.807) is 0 Å². The van der Waals surface area contributed by atoms with Gasteiger partial charge in [0.1, 0.15) is 5.88 Å². The zero-order chi connectivity index (χ0) is 19.7. The van der Waals surface area contributed by atoms with Crippen molar-refractivity contribution in [2.75, 3.05) is 12.5 Å². The number of epoxide rings is 1. The molecule has 2 amide bonds. The molecular formula is C21H37ClN2O3. The monoisotopic (exact) mass is 400 g/mol. The lowest BCUT2D eigenvalue weighted by Gasteiger charge is -2.06. The molecule has 6 heteroatoms. The van der Waals surface area contributed by atoms with Crippen molar-refractivity contribution in [3.8, 4) is 0 Å². The molecule has 0 aromatic carbocycles. The molecule has 27 heavy (non-hydrogen) atoms. The average Bonchev–Trinajstić information content (AvgIpc) is 3.41. The number of unbranched alkanes of at least 4 members (excludes halogenated alkanes) is 7.